The van der Waals surface area contributed by atoms with Crippen molar-refractivity contribution >= 4 is 42.4 Å². The zero-order valence-corrected chi connectivity index (χ0v) is 25.9. The lowest BCUT2D eigenvalue weighted by Crippen LogP contribution is -2.00. The topological polar surface area (TPSA) is 64.5 Å². The first-order valence-corrected chi connectivity index (χ1v) is 16.2. The minimum Gasteiger partial charge on any atom is -0.254 e. The summed E-state index contributed by atoms with van der Waals surface area (Å²) in [5, 5.41) is 3.34. The van der Waals surface area contributed by atoms with Crippen molar-refractivity contribution in [2.24, 2.45) is 0 Å². The quantitative estimate of drug-likeness (QED) is 0.192. The number of rotatable bonds is 5. The highest BCUT2D eigenvalue weighted by Crippen LogP contribution is 2.37. The number of fused-ring (bicyclic) bond motifs is 4. The normalized spacial score (nSPS) is 11.4. The summed E-state index contributed by atoms with van der Waals surface area (Å²) >= 11 is 1.77. The van der Waals surface area contributed by atoms with Crippen molar-refractivity contribution in [3.05, 3.63) is 152 Å². The molecule has 6 heteroatoms. The number of pyridine rings is 2. The van der Waals surface area contributed by atoms with Gasteiger partial charge in [-0.3, -0.25) is 4.98 Å². The van der Waals surface area contributed by atoms with Crippen LogP contribution in [0.5, 0.6) is 0 Å². The molecule has 0 saturated heterocycles. The Bertz CT molecular complexity index is 2520. The molecule has 0 aliphatic heterocycles. The van der Waals surface area contributed by atoms with Crippen LogP contribution in [0.4, 0.5) is 0 Å². The maximum atomic E-state index is 5.13. The van der Waals surface area contributed by atoms with Gasteiger partial charge in [-0.1, -0.05) is 115 Å². The Hall–Kier alpha value is -6.11. The van der Waals surface area contributed by atoms with E-state index in [1.54, 1.807) is 11.3 Å². The fourth-order valence-corrected chi connectivity index (χ4v) is 7.20. The van der Waals surface area contributed by atoms with E-state index < -0.39 is 0 Å². The second-order valence-electron chi connectivity index (χ2n) is 11.3. The molecular weight excluding hydrogens is 595 g/mol. The molecule has 0 unspecified atom stereocenters. The summed E-state index contributed by atoms with van der Waals surface area (Å²) in [6.45, 7) is 0. The van der Waals surface area contributed by atoms with Crippen molar-refractivity contribution in [1.29, 1.82) is 0 Å². The summed E-state index contributed by atoms with van der Waals surface area (Å²) in [5.74, 6) is 1.91. The van der Waals surface area contributed by atoms with Gasteiger partial charge < -0.3 is 0 Å². The van der Waals surface area contributed by atoms with Crippen LogP contribution < -0.4 is 0 Å². The molecular formula is C41H25N5S. The Balaban J connectivity index is 1.17. The minimum atomic E-state index is 0.627. The summed E-state index contributed by atoms with van der Waals surface area (Å²) in [4.78, 5) is 24.7. The lowest BCUT2D eigenvalue weighted by molar-refractivity contribution is 1.07. The van der Waals surface area contributed by atoms with Crippen LogP contribution in [-0.4, -0.2) is 24.9 Å². The van der Waals surface area contributed by atoms with E-state index in [1.165, 1.54) is 14.8 Å². The van der Waals surface area contributed by atoms with Crippen molar-refractivity contribution in [2.75, 3.05) is 0 Å². The first-order chi connectivity index (χ1) is 23.3. The summed E-state index contributed by atoms with van der Waals surface area (Å²) in [7, 11) is 0. The molecule has 5 aromatic carbocycles. The Labute approximate surface area is 275 Å². The first-order valence-electron chi connectivity index (χ1n) is 15.4. The SMILES string of the molecule is c1ccc(-c2nc(-c3ccccc3)nc(-c3cccc(-c4cccc5c(-c6ccc7sc8ccccc8c7n6)nccc45)c3)n2)cc1. The van der Waals surface area contributed by atoms with Gasteiger partial charge in [0, 0.05) is 38.4 Å². The van der Waals surface area contributed by atoms with Crippen molar-refractivity contribution in [1.82, 2.24) is 24.9 Å². The molecule has 0 radical (unpaired) electrons. The lowest BCUT2D eigenvalue weighted by atomic mass is 9.96. The van der Waals surface area contributed by atoms with Gasteiger partial charge in [0.15, 0.2) is 17.5 Å². The van der Waals surface area contributed by atoms with E-state index in [2.05, 4.69) is 84.9 Å². The molecule has 0 saturated carbocycles. The molecule has 0 bridgehead atoms. The fourth-order valence-electron chi connectivity index (χ4n) is 6.15. The maximum absolute atomic E-state index is 5.13. The number of hydrogen-bond acceptors (Lipinski definition) is 6. The first kappa shape index (κ1) is 27.2. The number of nitrogens with zero attached hydrogens (tertiary/aromatic N) is 5. The van der Waals surface area contributed by atoms with Gasteiger partial charge in [0.1, 0.15) is 0 Å². The predicted octanol–water partition coefficient (Wildman–Crippen LogP) is 10.5. The van der Waals surface area contributed by atoms with Crippen LogP contribution in [0.2, 0.25) is 0 Å². The Morgan fingerprint density at radius 3 is 1.79 bits per heavy atom. The van der Waals surface area contributed by atoms with E-state index in [-0.39, 0.29) is 0 Å². The highest BCUT2D eigenvalue weighted by Gasteiger charge is 2.16. The van der Waals surface area contributed by atoms with Gasteiger partial charge in [-0.05, 0) is 46.8 Å². The molecule has 5 nitrogen and oxygen atoms in total. The van der Waals surface area contributed by atoms with Gasteiger partial charge in [0.2, 0.25) is 0 Å². The van der Waals surface area contributed by atoms with Crippen LogP contribution in [0.15, 0.2) is 152 Å². The largest absolute Gasteiger partial charge is 0.254 e. The van der Waals surface area contributed by atoms with Crippen LogP contribution >= 0.6 is 11.3 Å². The molecule has 0 spiro atoms. The summed E-state index contributed by atoms with van der Waals surface area (Å²) < 4.78 is 2.42. The molecule has 9 aromatic rings. The zero-order chi connectivity index (χ0) is 31.2. The van der Waals surface area contributed by atoms with Crippen LogP contribution in [-0.2, 0) is 0 Å². The highest BCUT2D eigenvalue weighted by molar-refractivity contribution is 7.25. The third-order valence-corrected chi connectivity index (χ3v) is 9.53. The molecule has 0 fully saturated rings. The molecule has 9 rings (SSSR count). The fraction of sp³-hybridized carbons (Fsp3) is 0. The van der Waals surface area contributed by atoms with E-state index in [9.17, 15) is 0 Å². The molecule has 0 N–H and O–H groups in total. The molecule has 220 valence electrons. The second kappa shape index (κ2) is 11.4. The Morgan fingerprint density at radius 1 is 0.404 bits per heavy atom. The summed E-state index contributed by atoms with van der Waals surface area (Å²) in [6, 6.07) is 49.7. The van der Waals surface area contributed by atoms with E-state index in [0.717, 1.165) is 55.5 Å². The molecule has 4 aromatic heterocycles. The van der Waals surface area contributed by atoms with Crippen molar-refractivity contribution in [3.8, 4) is 56.7 Å². The molecule has 0 atom stereocenters. The number of benzene rings is 5. The monoisotopic (exact) mass is 619 g/mol. The van der Waals surface area contributed by atoms with Gasteiger partial charge >= 0.3 is 0 Å². The Kier molecular flexibility index (Phi) is 6.58. The third-order valence-electron chi connectivity index (χ3n) is 8.40. The standard InChI is InChI=1S/C41H25N5S/c1-3-11-26(12-4-1)39-44-40(27-13-5-2-6-14-27)46-41(45-39)29-16-9-15-28(25-29)30-18-10-19-32-31(30)23-24-42-37(32)34-21-22-36-38(43-34)33-17-7-8-20-35(33)47-36/h1-25H. The maximum Gasteiger partial charge on any atom is 0.164 e. The smallest absolute Gasteiger partial charge is 0.164 e. The van der Waals surface area contributed by atoms with Gasteiger partial charge in [0.05, 0.1) is 21.6 Å². The van der Waals surface area contributed by atoms with Crippen LogP contribution in [0.1, 0.15) is 0 Å². The van der Waals surface area contributed by atoms with E-state index >= 15 is 0 Å². The van der Waals surface area contributed by atoms with Crippen LogP contribution in [0.25, 0.3) is 87.8 Å². The lowest BCUT2D eigenvalue weighted by Gasteiger charge is -2.12. The van der Waals surface area contributed by atoms with Gasteiger partial charge in [-0.25, -0.2) is 19.9 Å². The Morgan fingerprint density at radius 2 is 1.02 bits per heavy atom. The number of thiophene rings is 1. The molecule has 0 amide bonds. The van der Waals surface area contributed by atoms with Crippen molar-refractivity contribution in [3.63, 3.8) is 0 Å². The molecule has 4 heterocycles. The van der Waals surface area contributed by atoms with Gasteiger partial charge in [0.25, 0.3) is 0 Å². The third kappa shape index (κ3) is 4.92. The average Bonchev–Trinajstić information content (AvgIpc) is 3.53. The summed E-state index contributed by atoms with van der Waals surface area (Å²) in [5.41, 5.74) is 7.74. The van der Waals surface area contributed by atoms with E-state index in [4.69, 9.17) is 24.9 Å². The minimum absolute atomic E-state index is 0.627. The predicted molar refractivity (Wildman–Crippen MR) is 193 cm³/mol. The highest BCUT2D eigenvalue weighted by atomic mass is 32.1. The number of aromatic nitrogens is 5. The van der Waals surface area contributed by atoms with Crippen molar-refractivity contribution in [2.45, 2.75) is 0 Å². The van der Waals surface area contributed by atoms with Crippen molar-refractivity contribution < 1.29 is 0 Å². The summed E-state index contributed by atoms with van der Waals surface area (Å²) in [6.07, 6.45) is 1.88. The molecule has 0 aliphatic carbocycles. The van der Waals surface area contributed by atoms with E-state index in [1.807, 2.05) is 66.9 Å². The number of hydrogen-bond donors (Lipinski definition) is 0. The van der Waals surface area contributed by atoms with Crippen LogP contribution in [0, 0.1) is 0 Å². The molecule has 0 aliphatic rings. The van der Waals surface area contributed by atoms with E-state index in [0.29, 0.717) is 17.5 Å². The van der Waals surface area contributed by atoms with Crippen LogP contribution in [0.3, 0.4) is 0 Å². The molecule has 47 heavy (non-hydrogen) atoms. The van der Waals surface area contributed by atoms with Gasteiger partial charge in [-0.2, -0.15) is 0 Å². The average molecular weight is 620 g/mol. The second-order valence-corrected chi connectivity index (χ2v) is 12.4. The van der Waals surface area contributed by atoms with Gasteiger partial charge in [-0.15, -0.1) is 11.3 Å². The zero-order valence-electron chi connectivity index (χ0n) is 25.1.